The molecule has 1 aliphatic heterocycles. The highest BCUT2D eigenvalue weighted by molar-refractivity contribution is 9.09. The highest BCUT2D eigenvalue weighted by atomic mass is 79.9. The van der Waals surface area contributed by atoms with Gasteiger partial charge in [0.05, 0.1) is 0 Å². The van der Waals surface area contributed by atoms with Gasteiger partial charge in [0, 0.05) is 17.9 Å². The molecule has 1 fully saturated rings. The van der Waals surface area contributed by atoms with E-state index in [-0.39, 0.29) is 0 Å². The first-order chi connectivity index (χ1) is 8.88. The van der Waals surface area contributed by atoms with Gasteiger partial charge in [0.25, 0.3) is 0 Å². The van der Waals surface area contributed by atoms with Crippen LogP contribution < -0.4 is 4.90 Å². The van der Waals surface area contributed by atoms with Crippen molar-refractivity contribution in [2.24, 2.45) is 5.92 Å². The lowest BCUT2D eigenvalue weighted by molar-refractivity contribution is -0.141. The van der Waals surface area contributed by atoms with Crippen LogP contribution in [-0.2, 0) is 6.18 Å². The predicted molar refractivity (Wildman–Crippen MR) is 72.6 cm³/mol. The number of piperidine rings is 1. The van der Waals surface area contributed by atoms with E-state index in [4.69, 9.17) is 0 Å². The highest BCUT2D eigenvalue weighted by Gasteiger charge is 2.33. The molecule has 0 amide bonds. The minimum Gasteiger partial charge on any atom is -0.357 e. The Morgan fingerprint density at radius 1 is 1.32 bits per heavy atom. The first-order valence-corrected chi connectivity index (χ1v) is 7.23. The van der Waals surface area contributed by atoms with Crippen LogP contribution in [0.4, 0.5) is 19.0 Å². The van der Waals surface area contributed by atoms with E-state index in [1.807, 2.05) is 4.90 Å². The van der Waals surface area contributed by atoms with Crippen LogP contribution in [0.15, 0.2) is 18.2 Å². The zero-order chi connectivity index (χ0) is 14.0. The summed E-state index contributed by atoms with van der Waals surface area (Å²) in [5.74, 6) is 1.01. The number of pyridine rings is 1. The Bertz CT molecular complexity index is 426. The molecule has 0 aromatic carbocycles. The van der Waals surface area contributed by atoms with Gasteiger partial charge in [-0.05, 0) is 30.9 Å². The van der Waals surface area contributed by atoms with Crippen molar-refractivity contribution in [2.45, 2.75) is 30.8 Å². The van der Waals surface area contributed by atoms with Crippen molar-refractivity contribution < 1.29 is 13.2 Å². The van der Waals surface area contributed by atoms with E-state index in [1.165, 1.54) is 6.07 Å². The van der Waals surface area contributed by atoms with Crippen molar-refractivity contribution in [3.05, 3.63) is 23.9 Å². The van der Waals surface area contributed by atoms with Gasteiger partial charge in [-0.1, -0.05) is 28.9 Å². The number of aromatic nitrogens is 1. The molecule has 0 N–H and O–H groups in total. The molecule has 1 saturated heterocycles. The van der Waals surface area contributed by atoms with E-state index in [2.05, 4.69) is 27.8 Å². The van der Waals surface area contributed by atoms with Crippen LogP contribution in [0.25, 0.3) is 0 Å². The highest BCUT2D eigenvalue weighted by Crippen LogP contribution is 2.31. The summed E-state index contributed by atoms with van der Waals surface area (Å²) in [5.41, 5.74) is -0.819. The van der Waals surface area contributed by atoms with E-state index in [9.17, 15) is 13.2 Å². The minimum atomic E-state index is -4.38. The Hall–Kier alpha value is -0.780. The minimum absolute atomic E-state index is 0.426. The molecule has 1 aromatic rings. The molecule has 1 aromatic heterocycles. The Labute approximate surface area is 119 Å². The van der Waals surface area contributed by atoms with Crippen molar-refractivity contribution in [3.8, 4) is 0 Å². The van der Waals surface area contributed by atoms with Crippen LogP contribution >= 0.6 is 15.9 Å². The van der Waals surface area contributed by atoms with E-state index in [0.717, 1.165) is 32.0 Å². The average molecular weight is 337 g/mol. The number of halogens is 4. The Kier molecular flexibility index (Phi) is 4.38. The summed E-state index contributed by atoms with van der Waals surface area (Å²) in [6.07, 6.45) is -2.42. The maximum atomic E-state index is 12.6. The Balaban J connectivity index is 2.08. The van der Waals surface area contributed by atoms with Crippen molar-refractivity contribution in [2.75, 3.05) is 18.0 Å². The van der Waals surface area contributed by atoms with Crippen LogP contribution in [0.1, 0.15) is 25.5 Å². The zero-order valence-electron chi connectivity index (χ0n) is 10.6. The standard InChI is InChI=1S/C13H16BrF3N2/c1-9(14)10-5-7-19(8-6-10)12-4-2-3-11(18-12)13(15,16)17/h2-4,9-10H,5-8H2,1H3. The molecule has 1 aliphatic rings. The lowest BCUT2D eigenvalue weighted by atomic mass is 9.94. The first-order valence-electron chi connectivity index (χ1n) is 6.31. The smallest absolute Gasteiger partial charge is 0.357 e. The van der Waals surface area contributed by atoms with Gasteiger partial charge in [-0.3, -0.25) is 0 Å². The Morgan fingerprint density at radius 3 is 2.47 bits per heavy atom. The number of nitrogens with zero attached hydrogens (tertiary/aromatic N) is 2. The number of hydrogen-bond donors (Lipinski definition) is 0. The van der Waals surface area contributed by atoms with Gasteiger partial charge < -0.3 is 4.90 Å². The molecule has 0 saturated carbocycles. The first kappa shape index (κ1) is 14.6. The van der Waals surface area contributed by atoms with Crippen molar-refractivity contribution in [1.29, 1.82) is 0 Å². The van der Waals surface area contributed by atoms with E-state index >= 15 is 0 Å². The van der Waals surface area contributed by atoms with Gasteiger partial charge in [0.1, 0.15) is 11.5 Å². The van der Waals surface area contributed by atoms with Gasteiger partial charge >= 0.3 is 6.18 Å². The summed E-state index contributed by atoms with van der Waals surface area (Å²) in [5, 5.41) is 0. The molecular formula is C13H16BrF3N2. The largest absolute Gasteiger partial charge is 0.433 e. The van der Waals surface area contributed by atoms with E-state index in [1.54, 1.807) is 6.07 Å². The maximum absolute atomic E-state index is 12.6. The second-order valence-electron chi connectivity index (χ2n) is 4.88. The normalized spacial score (nSPS) is 19.5. The van der Waals surface area contributed by atoms with Crippen LogP contribution in [0.3, 0.4) is 0 Å². The monoisotopic (exact) mass is 336 g/mol. The lowest BCUT2D eigenvalue weighted by Gasteiger charge is -2.34. The number of hydrogen-bond acceptors (Lipinski definition) is 2. The van der Waals surface area contributed by atoms with Crippen molar-refractivity contribution in [1.82, 2.24) is 4.98 Å². The summed E-state index contributed by atoms with van der Waals surface area (Å²) in [6.45, 7) is 3.63. The SMILES string of the molecule is CC(Br)C1CCN(c2cccc(C(F)(F)F)n2)CC1. The fourth-order valence-electron chi connectivity index (χ4n) is 2.35. The van der Waals surface area contributed by atoms with Crippen LogP contribution in [0, 0.1) is 5.92 Å². The molecule has 0 aliphatic carbocycles. The van der Waals surface area contributed by atoms with E-state index in [0.29, 0.717) is 16.6 Å². The van der Waals surface area contributed by atoms with Crippen LogP contribution in [0.5, 0.6) is 0 Å². The second kappa shape index (κ2) is 5.69. The van der Waals surface area contributed by atoms with Gasteiger partial charge in [0.2, 0.25) is 0 Å². The van der Waals surface area contributed by atoms with E-state index < -0.39 is 11.9 Å². The van der Waals surface area contributed by atoms with Gasteiger partial charge in [-0.25, -0.2) is 4.98 Å². The van der Waals surface area contributed by atoms with Gasteiger partial charge in [-0.15, -0.1) is 0 Å². The van der Waals surface area contributed by atoms with Gasteiger partial charge in [0.15, 0.2) is 0 Å². The number of rotatable bonds is 2. The predicted octanol–water partition coefficient (Wildman–Crippen LogP) is 4.10. The number of alkyl halides is 4. The topological polar surface area (TPSA) is 16.1 Å². The third kappa shape index (κ3) is 3.61. The summed E-state index contributed by atoms with van der Waals surface area (Å²) in [6, 6.07) is 4.08. The molecule has 6 heteroatoms. The third-order valence-corrected chi connectivity index (χ3v) is 4.29. The molecule has 0 bridgehead atoms. The fraction of sp³-hybridized carbons (Fsp3) is 0.615. The molecule has 2 rings (SSSR count). The van der Waals surface area contributed by atoms with Crippen molar-refractivity contribution >= 4 is 21.7 Å². The molecular weight excluding hydrogens is 321 g/mol. The summed E-state index contributed by atoms with van der Waals surface area (Å²) < 4.78 is 37.8. The molecule has 1 unspecified atom stereocenters. The zero-order valence-corrected chi connectivity index (χ0v) is 12.2. The summed E-state index contributed by atoms with van der Waals surface area (Å²) in [7, 11) is 0. The van der Waals surface area contributed by atoms with Gasteiger partial charge in [-0.2, -0.15) is 13.2 Å². The summed E-state index contributed by atoms with van der Waals surface area (Å²) in [4.78, 5) is 6.11. The second-order valence-corrected chi connectivity index (χ2v) is 6.33. The third-order valence-electron chi connectivity index (χ3n) is 3.54. The molecule has 0 radical (unpaired) electrons. The number of anilines is 1. The maximum Gasteiger partial charge on any atom is 0.433 e. The molecule has 106 valence electrons. The van der Waals surface area contributed by atoms with Crippen LogP contribution in [-0.4, -0.2) is 22.9 Å². The fourth-order valence-corrected chi connectivity index (χ4v) is 2.87. The van der Waals surface area contributed by atoms with Crippen LogP contribution in [0.2, 0.25) is 0 Å². The lowest BCUT2D eigenvalue weighted by Crippen LogP contribution is -2.36. The Morgan fingerprint density at radius 2 is 1.95 bits per heavy atom. The molecule has 2 nitrogen and oxygen atoms in total. The average Bonchev–Trinajstić information content (AvgIpc) is 2.38. The molecule has 0 spiro atoms. The molecule has 1 atom stereocenters. The molecule has 19 heavy (non-hydrogen) atoms. The van der Waals surface area contributed by atoms with Crippen molar-refractivity contribution in [3.63, 3.8) is 0 Å². The molecule has 2 heterocycles. The quantitative estimate of drug-likeness (QED) is 0.756. The summed E-state index contributed by atoms with van der Waals surface area (Å²) >= 11 is 3.57.